The Morgan fingerprint density at radius 2 is 1.94 bits per heavy atom. The molecule has 1 heterocycles. The number of hydrogen-bond donors (Lipinski definition) is 2. The van der Waals surface area contributed by atoms with Crippen LogP contribution in [-0.4, -0.2) is 30.3 Å². The van der Waals surface area contributed by atoms with Crippen molar-refractivity contribution in [3.63, 3.8) is 0 Å². The predicted octanol–water partition coefficient (Wildman–Crippen LogP) is 5.49. The van der Waals surface area contributed by atoms with Gasteiger partial charge in [-0.3, -0.25) is 9.79 Å². The fourth-order valence-corrected chi connectivity index (χ4v) is 3.51. The minimum atomic E-state index is -0.728. The van der Waals surface area contributed by atoms with Crippen molar-refractivity contribution in [2.75, 3.05) is 12.4 Å². The summed E-state index contributed by atoms with van der Waals surface area (Å²) in [5, 5.41) is 6.11. The minimum absolute atomic E-state index is 0.0507. The van der Waals surface area contributed by atoms with E-state index >= 15 is 0 Å². The SMILES string of the molecule is C=N/C(Cl)=C\C=C(/C)C1(NC(=O)c2nc(Nc3cc(F)cc(F)c3)ccc2OC)CCC1. The highest BCUT2D eigenvalue weighted by atomic mass is 35.5. The Balaban J connectivity index is 1.86. The number of carbonyl (C=O) groups excluding carboxylic acids is 1. The highest BCUT2D eigenvalue weighted by Crippen LogP contribution is 2.39. The van der Waals surface area contributed by atoms with E-state index in [-0.39, 0.29) is 28.1 Å². The van der Waals surface area contributed by atoms with Gasteiger partial charge in [0, 0.05) is 11.8 Å². The molecule has 0 bridgehead atoms. The Bertz CT molecular complexity index is 1080. The summed E-state index contributed by atoms with van der Waals surface area (Å²) < 4.78 is 32.3. The zero-order chi connectivity index (χ0) is 23.3. The Morgan fingerprint density at radius 1 is 1.25 bits per heavy atom. The van der Waals surface area contributed by atoms with Crippen molar-refractivity contribution in [1.82, 2.24) is 10.3 Å². The van der Waals surface area contributed by atoms with Gasteiger partial charge < -0.3 is 15.4 Å². The maximum Gasteiger partial charge on any atom is 0.274 e. The Morgan fingerprint density at radius 3 is 2.50 bits per heavy atom. The highest BCUT2D eigenvalue weighted by Gasteiger charge is 2.40. The van der Waals surface area contributed by atoms with Crippen molar-refractivity contribution in [3.8, 4) is 5.75 Å². The van der Waals surface area contributed by atoms with Crippen LogP contribution in [0.4, 0.5) is 20.3 Å². The first-order chi connectivity index (χ1) is 15.3. The second kappa shape index (κ2) is 9.91. The summed E-state index contributed by atoms with van der Waals surface area (Å²) in [4.78, 5) is 21.1. The van der Waals surface area contributed by atoms with Crippen molar-refractivity contribution in [1.29, 1.82) is 0 Å². The lowest BCUT2D eigenvalue weighted by Gasteiger charge is -2.43. The number of hydrogen-bond acceptors (Lipinski definition) is 5. The minimum Gasteiger partial charge on any atom is -0.494 e. The summed E-state index contributed by atoms with van der Waals surface area (Å²) >= 11 is 5.88. The molecule has 0 saturated heterocycles. The molecule has 2 aromatic rings. The lowest BCUT2D eigenvalue weighted by Crippen LogP contribution is -2.54. The molecule has 2 N–H and O–H groups in total. The van der Waals surface area contributed by atoms with Crippen LogP contribution >= 0.6 is 11.6 Å². The smallest absolute Gasteiger partial charge is 0.274 e. The molecule has 1 aliphatic carbocycles. The summed E-state index contributed by atoms with van der Waals surface area (Å²) in [6.45, 7) is 5.28. The number of aliphatic imine (C=N–C) groups is 1. The maximum atomic E-state index is 13.5. The van der Waals surface area contributed by atoms with E-state index in [0.717, 1.165) is 43.0 Å². The van der Waals surface area contributed by atoms with Gasteiger partial charge in [0.25, 0.3) is 5.91 Å². The normalized spacial score (nSPS) is 15.5. The topological polar surface area (TPSA) is 75.6 Å². The molecule has 9 heteroatoms. The Kier molecular flexibility index (Phi) is 7.25. The summed E-state index contributed by atoms with van der Waals surface area (Å²) in [7, 11) is 1.43. The molecule has 1 aromatic heterocycles. The number of anilines is 2. The van der Waals surface area contributed by atoms with E-state index in [2.05, 4.69) is 27.3 Å². The number of amides is 1. The number of pyridine rings is 1. The van der Waals surface area contributed by atoms with Crippen LogP contribution in [0.5, 0.6) is 5.75 Å². The molecule has 6 nitrogen and oxygen atoms in total. The van der Waals surface area contributed by atoms with Crippen molar-refractivity contribution < 1.29 is 18.3 Å². The molecule has 1 fully saturated rings. The van der Waals surface area contributed by atoms with E-state index in [0.29, 0.717) is 0 Å². The average Bonchev–Trinajstić information content (AvgIpc) is 2.73. The van der Waals surface area contributed by atoms with Gasteiger partial charge in [-0.2, -0.15) is 0 Å². The third kappa shape index (κ3) is 5.31. The van der Waals surface area contributed by atoms with Gasteiger partial charge in [-0.05, 0) is 68.8 Å². The Labute approximate surface area is 190 Å². The molecule has 0 radical (unpaired) electrons. The monoisotopic (exact) mass is 460 g/mol. The zero-order valence-corrected chi connectivity index (χ0v) is 18.5. The second-order valence-electron chi connectivity index (χ2n) is 7.42. The lowest BCUT2D eigenvalue weighted by molar-refractivity contribution is 0.0858. The molecule has 3 rings (SSSR count). The molecule has 32 heavy (non-hydrogen) atoms. The third-order valence-corrected chi connectivity index (χ3v) is 5.61. The zero-order valence-electron chi connectivity index (χ0n) is 17.7. The van der Waals surface area contributed by atoms with E-state index in [1.54, 1.807) is 24.3 Å². The first-order valence-electron chi connectivity index (χ1n) is 9.88. The van der Waals surface area contributed by atoms with Crippen LogP contribution in [0, 0.1) is 11.6 Å². The van der Waals surface area contributed by atoms with Gasteiger partial charge in [0.05, 0.1) is 12.6 Å². The lowest BCUT2D eigenvalue weighted by atomic mass is 9.71. The molecular formula is C23H23ClF2N4O2. The average molecular weight is 461 g/mol. The number of aromatic nitrogens is 1. The third-order valence-electron chi connectivity index (χ3n) is 5.36. The van der Waals surface area contributed by atoms with Crippen LogP contribution in [0.15, 0.2) is 58.2 Å². The molecule has 0 atom stereocenters. The number of benzene rings is 1. The molecule has 1 amide bonds. The van der Waals surface area contributed by atoms with Crippen LogP contribution in [0.25, 0.3) is 0 Å². The molecule has 0 unspecified atom stereocenters. The number of ether oxygens (including phenoxy) is 1. The molecule has 1 aliphatic rings. The fraction of sp³-hybridized carbons (Fsp3) is 0.261. The molecule has 1 saturated carbocycles. The van der Waals surface area contributed by atoms with E-state index in [1.165, 1.54) is 7.11 Å². The van der Waals surface area contributed by atoms with Gasteiger partial charge in [-0.15, -0.1) is 0 Å². The number of carbonyl (C=O) groups is 1. The Hall–Kier alpha value is -3.26. The number of halogens is 3. The summed E-state index contributed by atoms with van der Waals surface area (Å²) in [6.07, 6.45) is 5.91. The molecule has 1 aromatic carbocycles. The van der Waals surface area contributed by atoms with Gasteiger partial charge in [-0.1, -0.05) is 17.7 Å². The highest BCUT2D eigenvalue weighted by molar-refractivity contribution is 6.29. The quantitative estimate of drug-likeness (QED) is 0.310. The van der Waals surface area contributed by atoms with Crippen LogP contribution < -0.4 is 15.4 Å². The fourth-order valence-electron chi connectivity index (χ4n) is 3.45. The van der Waals surface area contributed by atoms with Gasteiger partial charge in [0.15, 0.2) is 5.69 Å². The summed E-state index contributed by atoms with van der Waals surface area (Å²) in [6, 6.07) is 6.14. The van der Waals surface area contributed by atoms with Crippen LogP contribution in [-0.2, 0) is 0 Å². The maximum absolute atomic E-state index is 13.5. The largest absolute Gasteiger partial charge is 0.494 e. The summed E-state index contributed by atoms with van der Waals surface area (Å²) in [5.74, 6) is -1.38. The van der Waals surface area contributed by atoms with Crippen molar-refractivity contribution in [2.24, 2.45) is 4.99 Å². The number of allylic oxidation sites excluding steroid dienone is 2. The molecule has 168 valence electrons. The van der Waals surface area contributed by atoms with Crippen LogP contribution in [0.3, 0.4) is 0 Å². The molecular weight excluding hydrogens is 438 g/mol. The van der Waals surface area contributed by atoms with Gasteiger partial charge in [0.1, 0.15) is 28.4 Å². The molecule has 0 spiro atoms. The first-order valence-corrected chi connectivity index (χ1v) is 10.3. The standard InChI is InChI=1S/C23H23ClF2N4O2/c1-14(5-7-19(24)27-2)23(9-4-10-23)30-22(31)21-18(32-3)6-8-20(29-21)28-17-12-15(25)11-16(26)13-17/h5-8,11-13H,2,4,9-10H2,1,3H3,(H,28,29)(H,30,31)/b14-5+,19-7-. The second-order valence-corrected chi connectivity index (χ2v) is 7.80. The number of nitrogens with zero attached hydrogens (tertiary/aromatic N) is 2. The molecule has 0 aliphatic heterocycles. The van der Waals surface area contributed by atoms with Gasteiger partial charge in [0.2, 0.25) is 0 Å². The number of rotatable bonds is 8. The number of nitrogens with one attached hydrogen (secondary N) is 2. The van der Waals surface area contributed by atoms with Crippen molar-refractivity contribution in [2.45, 2.75) is 31.7 Å². The van der Waals surface area contributed by atoms with E-state index < -0.39 is 23.1 Å². The van der Waals surface area contributed by atoms with E-state index in [4.69, 9.17) is 16.3 Å². The van der Waals surface area contributed by atoms with E-state index in [9.17, 15) is 13.6 Å². The van der Waals surface area contributed by atoms with Crippen molar-refractivity contribution in [3.05, 3.63) is 70.5 Å². The van der Waals surface area contributed by atoms with Gasteiger partial charge in [-0.25, -0.2) is 13.8 Å². The van der Waals surface area contributed by atoms with Crippen LogP contribution in [0.1, 0.15) is 36.7 Å². The predicted molar refractivity (Wildman–Crippen MR) is 122 cm³/mol. The first kappa shape index (κ1) is 23.4. The van der Waals surface area contributed by atoms with Crippen molar-refractivity contribution >= 4 is 35.7 Å². The van der Waals surface area contributed by atoms with E-state index in [1.807, 2.05) is 6.92 Å². The summed E-state index contributed by atoms with van der Waals surface area (Å²) in [5.41, 5.74) is 0.603. The van der Waals surface area contributed by atoms with Gasteiger partial charge >= 0.3 is 0 Å². The number of methoxy groups -OCH3 is 1. The van der Waals surface area contributed by atoms with Crippen LogP contribution in [0.2, 0.25) is 0 Å².